The van der Waals surface area contributed by atoms with Crippen molar-refractivity contribution in [1.29, 1.82) is 0 Å². The van der Waals surface area contributed by atoms with Crippen LogP contribution in [-0.4, -0.2) is 26.2 Å². The highest BCUT2D eigenvalue weighted by molar-refractivity contribution is 5.97. The third-order valence-corrected chi connectivity index (χ3v) is 3.88. The van der Waals surface area contributed by atoms with Crippen LogP contribution in [0.25, 0.3) is 0 Å². The zero-order valence-electron chi connectivity index (χ0n) is 12.6. The highest BCUT2D eigenvalue weighted by atomic mass is 16.5. The molecule has 2 atom stereocenters. The van der Waals surface area contributed by atoms with Crippen molar-refractivity contribution in [2.45, 2.75) is 38.7 Å². The quantitative estimate of drug-likeness (QED) is 0.681. The number of rotatable bonds is 3. The Labute approximate surface area is 120 Å². The topological polar surface area (TPSA) is 55.6 Å². The normalized spacial score (nSPS) is 22.4. The predicted octanol–water partition coefficient (Wildman–Crippen LogP) is 3.07. The lowest BCUT2D eigenvalue weighted by Crippen LogP contribution is -2.25. The Morgan fingerprint density at radius 1 is 1.35 bits per heavy atom. The lowest BCUT2D eigenvalue weighted by molar-refractivity contribution is 0.0156. The van der Waals surface area contributed by atoms with E-state index in [1.54, 1.807) is 12.1 Å². The largest absolute Gasteiger partial charge is 0.459 e. The lowest BCUT2D eigenvalue weighted by atomic mass is 9.89. The fourth-order valence-electron chi connectivity index (χ4n) is 2.81. The van der Waals surface area contributed by atoms with E-state index in [4.69, 9.17) is 10.5 Å². The van der Waals surface area contributed by atoms with Crippen molar-refractivity contribution >= 4 is 17.3 Å². The summed E-state index contributed by atoms with van der Waals surface area (Å²) in [5.74, 6) is 0.371. The van der Waals surface area contributed by atoms with Gasteiger partial charge in [-0.25, -0.2) is 4.79 Å². The van der Waals surface area contributed by atoms with E-state index in [-0.39, 0.29) is 12.1 Å². The summed E-state index contributed by atoms with van der Waals surface area (Å²) in [5, 5.41) is 0. The van der Waals surface area contributed by atoms with Gasteiger partial charge in [-0.15, -0.1) is 0 Å². The average Bonchev–Trinajstić information content (AvgIpc) is 2.38. The van der Waals surface area contributed by atoms with Gasteiger partial charge in [0.25, 0.3) is 0 Å². The summed E-state index contributed by atoms with van der Waals surface area (Å²) >= 11 is 0. The Morgan fingerprint density at radius 3 is 2.75 bits per heavy atom. The van der Waals surface area contributed by atoms with Gasteiger partial charge in [0.15, 0.2) is 0 Å². The molecular weight excluding hydrogens is 252 g/mol. The molecule has 0 radical (unpaired) electrons. The molecule has 2 unspecified atom stereocenters. The van der Waals surface area contributed by atoms with Crippen LogP contribution < -0.4 is 10.6 Å². The monoisotopic (exact) mass is 276 g/mol. The van der Waals surface area contributed by atoms with Crippen molar-refractivity contribution in [3.63, 3.8) is 0 Å². The number of carbonyl (C=O) groups is 1. The number of hydrogen-bond donors (Lipinski definition) is 1. The molecule has 110 valence electrons. The molecule has 1 saturated carbocycles. The van der Waals surface area contributed by atoms with E-state index in [1.165, 1.54) is 6.42 Å². The molecule has 4 nitrogen and oxygen atoms in total. The number of benzene rings is 1. The first-order valence-corrected chi connectivity index (χ1v) is 7.25. The minimum atomic E-state index is -0.264. The van der Waals surface area contributed by atoms with Gasteiger partial charge >= 0.3 is 5.97 Å². The highest BCUT2D eigenvalue weighted by Crippen LogP contribution is 2.28. The van der Waals surface area contributed by atoms with Gasteiger partial charge in [0.05, 0.1) is 11.3 Å². The van der Waals surface area contributed by atoms with Gasteiger partial charge in [-0.2, -0.15) is 0 Å². The molecule has 0 spiro atoms. The fraction of sp³-hybridized carbons (Fsp3) is 0.562. The molecule has 1 aliphatic rings. The SMILES string of the molecule is CC1CCCC(OC(=O)c2cc(N)ccc2N(C)C)C1. The Morgan fingerprint density at radius 2 is 2.10 bits per heavy atom. The molecule has 0 aromatic heterocycles. The third kappa shape index (κ3) is 3.44. The van der Waals surface area contributed by atoms with Crippen molar-refractivity contribution in [3.8, 4) is 0 Å². The molecule has 1 aromatic rings. The zero-order valence-corrected chi connectivity index (χ0v) is 12.6. The first-order chi connectivity index (χ1) is 9.47. The number of nitrogen functional groups attached to an aromatic ring is 1. The van der Waals surface area contributed by atoms with Gasteiger partial charge in [-0.05, 0) is 43.4 Å². The summed E-state index contributed by atoms with van der Waals surface area (Å²) in [5.41, 5.74) is 7.77. The van der Waals surface area contributed by atoms with Crippen LogP contribution in [0.3, 0.4) is 0 Å². The van der Waals surface area contributed by atoms with Gasteiger partial charge in [-0.3, -0.25) is 0 Å². The van der Waals surface area contributed by atoms with E-state index < -0.39 is 0 Å². The standard InChI is InChI=1S/C16H24N2O2/c1-11-5-4-6-13(9-11)20-16(19)14-10-12(17)7-8-15(14)18(2)3/h7-8,10-11,13H,4-6,9,17H2,1-3H3. The third-order valence-electron chi connectivity index (χ3n) is 3.88. The second-order valence-corrected chi connectivity index (χ2v) is 5.97. The van der Waals surface area contributed by atoms with E-state index in [1.807, 2.05) is 25.1 Å². The molecule has 0 amide bonds. The van der Waals surface area contributed by atoms with E-state index in [0.717, 1.165) is 24.9 Å². The lowest BCUT2D eigenvalue weighted by Gasteiger charge is -2.27. The predicted molar refractivity (Wildman–Crippen MR) is 82.0 cm³/mol. The number of nitrogens with zero attached hydrogens (tertiary/aromatic N) is 1. The van der Waals surface area contributed by atoms with E-state index in [2.05, 4.69) is 6.92 Å². The number of carbonyl (C=O) groups excluding carboxylic acids is 1. The van der Waals surface area contributed by atoms with Crippen molar-refractivity contribution in [1.82, 2.24) is 0 Å². The maximum Gasteiger partial charge on any atom is 0.340 e. The van der Waals surface area contributed by atoms with Crippen molar-refractivity contribution < 1.29 is 9.53 Å². The zero-order chi connectivity index (χ0) is 14.7. The molecule has 0 heterocycles. The summed E-state index contributed by atoms with van der Waals surface area (Å²) in [7, 11) is 3.82. The van der Waals surface area contributed by atoms with Crippen LogP contribution in [-0.2, 0) is 4.74 Å². The number of esters is 1. The molecule has 0 bridgehead atoms. The Kier molecular flexibility index (Phi) is 4.53. The highest BCUT2D eigenvalue weighted by Gasteiger charge is 2.24. The van der Waals surface area contributed by atoms with E-state index in [9.17, 15) is 4.79 Å². The number of ether oxygens (including phenoxy) is 1. The minimum absolute atomic E-state index is 0.0442. The molecule has 20 heavy (non-hydrogen) atoms. The minimum Gasteiger partial charge on any atom is -0.459 e. The Balaban J connectivity index is 2.14. The van der Waals surface area contributed by atoms with Crippen molar-refractivity contribution in [2.75, 3.05) is 24.7 Å². The molecule has 1 aliphatic carbocycles. The molecule has 0 saturated heterocycles. The van der Waals surface area contributed by atoms with Crippen molar-refractivity contribution in [3.05, 3.63) is 23.8 Å². The first-order valence-electron chi connectivity index (χ1n) is 7.25. The van der Waals surface area contributed by atoms with Crippen LogP contribution in [0, 0.1) is 5.92 Å². The summed E-state index contributed by atoms with van der Waals surface area (Å²) in [6.45, 7) is 2.21. The molecule has 0 aliphatic heterocycles. The molecule has 2 N–H and O–H groups in total. The van der Waals surface area contributed by atoms with E-state index >= 15 is 0 Å². The number of hydrogen-bond acceptors (Lipinski definition) is 4. The number of nitrogens with two attached hydrogens (primary N) is 1. The van der Waals surface area contributed by atoms with Gasteiger partial charge in [-0.1, -0.05) is 13.3 Å². The summed E-state index contributed by atoms with van der Waals surface area (Å²) in [6.07, 6.45) is 4.34. The summed E-state index contributed by atoms with van der Waals surface area (Å²) in [6, 6.07) is 5.36. The molecule has 1 fully saturated rings. The summed E-state index contributed by atoms with van der Waals surface area (Å²) in [4.78, 5) is 14.3. The molecule has 1 aromatic carbocycles. The maximum absolute atomic E-state index is 12.4. The fourth-order valence-corrected chi connectivity index (χ4v) is 2.81. The Hall–Kier alpha value is -1.71. The van der Waals surface area contributed by atoms with Crippen LogP contribution in [0.4, 0.5) is 11.4 Å². The van der Waals surface area contributed by atoms with Gasteiger partial charge < -0.3 is 15.4 Å². The molecule has 4 heteroatoms. The second-order valence-electron chi connectivity index (χ2n) is 5.97. The van der Waals surface area contributed by atoms with Crippen LogP contribution in [0.1, 0.15) is 43.0 Å². The van der Waals surface area contributed by atoms with Crippen LogP contribution in [0.15, 0.2) is 18.2 Å². The van der Waals surface area contributed by atoms with Crippen LogP contribution in [0.5, 0.6) is 0 Å². The molecule has 2 rings (SSSR count). The number of anilines is 2. The average molecular weight is 276 g/mol. The second kappa shape index (κ2) is 6.16. The van der Waals surface area contributed by atoms with Gasteiger partial charge in [0, 0.05) is 19.8 Å². The van der Waals surface area contributed by atoms with E-state index in [0.29, 0.717) is 17.2 Å². The van der Waals surface area contributed by atoms with Crippen LogP contribution >= 0.6 is 0 Å². The van der Waals surface area contributed by atoms with Gasteiger partial charge in [0.1, 0.15) is 6.10 Å². The smallest absolute Gasteiger partial charge is 0.340 e. The van der Waals surface area contributed by atoms with Crippen molar-refractivity contribution in [2.24, 2.45) is 5.92 Å². The van der Waals surface area contributed by atoms with Gasteiger partial charge in [0.2, 0.25) is 0 Å². The Bertz CT molecular complexity index is 485. The van der Waals surface area contributed by atoms with Crippen LogP contribution in [0.2, 0.25) is 0 Å². The maximum atomic E-state index is 12.4. The molecular formula is C16H24N2O2. The first kappa shape index (κ1) is 14.7. The summed E-state index contributed by atoms with van der Waals surface area (Å²) < 4.78 is 5.67.